The lowest BCUT2D eigenvalue weighted by molar-refractivity contribution is -0.129. The van der Waals surface area contributed by atoms with Crippen molar-refractivity contribution in [1.29, 1.82) is 0 Å². The SMILES string of the molecule is NC(=O)[C@@H](Cc1cccc(I)c1)NC(=O)[C@H]1CCC(=O)N1. The zero-order valence-corrected chi connectivity index (χ0v) is 13.4. The van der Waals surface area contributed by atoms with Crippen LogP contribution < -0.4 is 16.4 Å². The first kappa shape index (κ1) is 15.7. The third-order valence-electron chi connectivity index (χ3n) is 3.30. The van der Waals surface area contributed by atoms with Crippen molar-refractivity contribution >= 4 is 40.3 Å². The van der Waals surface area contributed by atoms with Crippen molar-refractivity contribution in [2.75, 3.05) is 0 Å². The van der Waals surface area contributed by atoms with Gasteiger partial charge in [0.1, 0.15) is 12.1 Å². The summed E-state index contributed by atoms with van der Waals surface area (Å²) in [5, 5.41) is 5.18. The van der Waals surface area contributed by atoms with Gasteiger partial charge in [-0.1, -0.05) is 12.1 Å². The molecule has 1 aliphatic heterocycles. The van der Waals surface area contributed by atoms with Crippen LogP contribution in [0.15, 0.2) is 24.3 Å². The van der Waals surface area contributed by atoms with E-state index in [0.717, 1.165) is 9.13 Å². The number of carbonyl (C=O) groups excluding carboxylic acids is 3. The van der Waals surface area contributed by atoms with Gasteiger partial charge >= 0.3 is 0 Å². The molecular formula is C14H16IN3O3. The molecule has 6 nitrogen and oxygen atoms in total. The minimum Gasteiger partial charge on any atom is -0.368 e. The summed E-state index contributed by atoms with van der Waals surface area (Å²) in [6.45, 7) is 0. The zero-order valence-electron chi connectivity index (χ0n) is 11.3. The smallest absolute Gasteiger partial charge is 0.243 e. The lowest BCUT2D eigenvalue weighted by Crippen LogP contribution is -2.51. The van der Waals surface area contributed by atoms with E-state index in [9.17, 15) is 14.4 Å². The number of halogens is 1. The molecule has 1 heterocycles. The van der Waals surface area contributed by atoms with Crippen molar-refractivity contribution in [1.82, 2.24) is 10.6 Å². The summed E-state index contributed by atoms with van der Waals surface area (Å²) in [7, 11) is 0. The summed E-state index contributed by atoms with van der Waals surface area (Å²) < 4.78 is 1.04. The second kappa shape index (κ2) is 6.88. The fourth-order valence-corrected chi connectivity index (χ4v) is 2.81. The van der Waals surface area contributed by atoms with Gasteiger partial charge in [-0.3, -0.25) is 14.4 Å². The van der Waals surface area contributed by atoms with E-state index in [0.29, 0.717) is 19.3 Å². The average molecular weight is 401 g/mol. The number of primary amides is 1. The largest absolute Gasteiger partial charge is 0.368 e. The number of benzene rings is 1. The maximum absolute atomic E-state index is 12.0. The van der Waals surface area contributed by atoms with E-state index in [2.05, 4.69) is 33.2 Å². The van der Waals surface area contributed by atoms with Gasteiger partial charge in [-0.2, -0.15) is 0 Å². The molecule has 1 aliphatic rings. The van der Waals surface area contributed by atoms with Gasteiger partial charge in [0.05, 0.1) is 0 Å². The fraction of sp³-hybridized carbons (Fsp3) is 0.357. The van der Waals surface area contributed by atoms with Crippen molar-refractivity contribution in [3.63, 3.8) is 0 Å². The highest BCUT2D eigenvalue weighted by Gasteiger charge is 2.29. The summed E-state index contributed by atoms with van der Waals surface area (Å²) >= 11 is 2.18. The third-order valence-corrected chi connectivity index (χ3v) is 3.97. The van der Waals surface area contributed by atoms with Crippen molar-refractivity contribution in [2.45, 2.75) is 31.3 Å². The Kier molecular flexibility index (Phi) is 5.16. The highest BCUT2D eigenvalue weighted by Crippen LogP contribution is 2.11. The molecule has 1 fully saturated rings. The molecule has 7 heteroatoms. The summed E-state index contributed by atoms with van der Waals surface area (Å²) in [4.78, 5) is 34.7. The van der Waals surface area contributed by atoms with Gasteiger partial charge in [0.15, 0.2) is 0 Å². The van der Waals surface area contributed by atoms with Gasteiger partial charge in [0, 0.05) is 16.4 Å². The van der Waals surface area contributed by atoms with Gasteiger partial charge in [-0.15, -0.1) is 0 Å². The minimum absolute atomic E-state index is 0.150. The molecule has 1 aromatic carbocycles. The zero-order chi connectivity index (χ0) is 15.4. The summed E-state index contributed by atoms with van der Waals surface area (Å²) in [6, 6.07) is 6.27. The topological polar surface area (TPSA) is 101 Å². The Morgan fingerprint density at radius 1 is 1.48 bits per heavy atom. The van der Waals surface area contributed by atoms with Crippen LogP contribution in [0.2, 0.25) is 0 Å². The molecule has 112 valence electrons. The summed E-state index contributed by atoms with van der Waals surface area (Å²) in [5.74, 6) is -1.11. The number of carbonyl (C=O) groups is 3. The Bertz CT molecular complexity index is 576. The fourth-order valence-electron chi connectivity index (χ4n) is 2.21. The predicted octanol–water partition coefficient (Wildman–Crippen LogP) is 0.0824. The van der Waals surface area contributed by atoms with Gasteiger partial charge in [-0.25, -0.2) is 0 Å². The molecule has 1 aromatic rings. The van der Waals surface area contributed by atoms with Crippen LogP contribution in [0.4, 0.5) is 0 Å². The van der Waals surface area contributed by atoms with Gasteiger partial charge < -0.3 is 16.4 Å². The van der Waals surface area contributed by atoms with E-state index in [-0.39, 0.29) is 11.8 Å². The number of hydrogen-bond donors (Lipinski definition) is 3. The standard InChI is InChI=1S/C14H16IN3O3/c15-9-3-1-2-8(6-9)7-11(13(16)20)18-14(21)10-4-5-12(19)17-10/h1-3,6,10-11H,4-5,7H2,(H2,16,20)(H,17,19)(H,18,21)/t10-,11-/m1/s1. The molecule has 0 radical (unpaired) electrons. The highest BCUT2D eigenvalue weighted by atomic mass is 127. The molecular weight excluding hydrogens is 385 g/mol. The number of amides is 3. The molecule has 0 bridgehead atoms. The van der Waals surface area contributed by atoms with E-state index in [1.807, 2.05) is 24.3 Å². The van der Waals surface area contributed by atoms with E-state index in [1.165, 1.54) is 0 Å². The molecule has 0 unspecified atom stereocenters. The van der Waals surface area contributed by atoms with Crippen LogP contribution in [0.5, 0.6) is 0 Å². The molecule has 0 aromatic heterocycles. The predicted molar refractivity (Wildman–Crippen MR) is 85.2 cm³/mol. The normalized spacial score (nSPS) is 18.9. The Morgan fingerprint density at radius 2 is 2.24 bits per heavy atom. The summed E-state index contributed by atoms with van der Waals surface area (Å²) in [5.41, 5.74) is 6.27. The van der Waals surface area contributed by atoms with Crippen LogP contribution in [-0.2, 0) is 20.8 Å². The molecule has 0 spiro atoms. The van der Waals surface area contributed by atoms with Crippen LogP contribution in [0.3, 0.4) is 0 Å². The van der Waals surface area contributed by atoms with Crippen LogP contribution in [0, 0.1) is 3.57 Å². The molecule has 2 rings (SSSR count). The van der Waals surface area contributed by atoms with Crippen molar-refractivity contribution in [2.24, 2.45) is 5.73 Å². The number of nitrogens with two attached hydrogens (primary N) is 1. The third kappa shape index (κ3) is 4.42. The first-order valence-corrected chi connectivity index (χ1v) is 7.67. The van der Waals surface area contributed by atoms with Crippen molar-refractivity contribution in [3.05, 3.63) is 33.4 Å². The summed E-state index contributed by atoms with van der Waals surface area (Å²) in [6.07, 6.45) is 1.11. The van der Waals surface area contributed by atoms with E-state index >= 15 is 0 Å². The van der Waals surface area contributed by atoms with Crippen LogP contribution in [-0.4, -0.2) is 29.8 Å². The van der Waals surface area contributed by atoms with Gasteiger partial charge in [-0.05, 0) is 46.7 Å². The molecule has 2 atom stereocenters. The van der Waals surface area contributed by atoms with E-state index < -0.39 is 18.0 Å². The minimum atomic E-state index is -0.784. The highest BCUT2D eigenvalue weighted by molar-refractivity contribution is 14.1. The Balaban J connectivity index is 2.00. The second-order valence-corrected chi connectivity index (χ2v) is 6.20. The maximum Gasteiger partial charge on any atom is 0.243 e. The maximum atomic E-state index is 12.0. The molecule has 21 heavy (non-hydrogen) atoms. The lowest BCUT2D eigenvalue weighted by atomic mass is 10.0. The van der Waals surface area contributed by atoms with E-state index in [1.54, 1.807) is 0 Å². The van der Waals surface area contributed by atoms with Gasteiger partial charge in [0.2, 0.25) is 17.7 Å². The van der Waals surface area contributed by atoms with Crippen LogP contribution >= 0.6 is 22.6 Å². The van der Waals surface area contributed by atoms with Gasteiger partial charge in [0.25, 0.3) is 0 Å². The molecule has 3 amide bonds. The number of nitrogens with one attached hydrogen (secondary N) is 2. The first-order valence-electron chi connectivity index (χ1n) is 6.59. The Morgan fingerprint density at radius 3 is 2.81 bits per heavy atom. The second-order valence-electron chi connectivity index (χ2n) is 4.96. The van der Waals surface area contributed by atoms with E-state index in [4.69, 9.17) is 5.73 Å². The molecule has 0 aliphatic carbocycles. The lowest BCUT2D eigenvalue weighted by Gasteiger charge is -2.18. The first-order chi connectivity index (χ1) is 9.95. The molecule has 0 saturated carbocycles. The Hall–Kier alpha value is -1.64. The number of hydrogen-bond acceptors (Lipinski definition) is 3. The van der Waals surface area contributed by atoms with Crippen LogP contribution in [0.1, 0.15) is 18.4 Å². The Labute approximate surface area is 136 Å². The molecule has 1 saturated heterocycles. The average Bonchev–Trinajstić information content (AvgIpc) is 2.84. The molecule has 4 N–H and O–H groups in total. The van der Waals surface area contributed by atoms with Crippen LogP contribution in [0.25, 0.3) is 0 Å². The van der Waals surface area contributed by atoms with Crippen molar-refractivity contribution in [3.8, 4) is 0 Å². The monoisotopic (exact) mass is 401 g/mol. The van der Waals surface area contributed by atoms with Crippen molar-refractivity contribution < 1.29 is 14.4 Å². The number of rotatable bonds is 5. The quantitative estimate of drug-likeness (QED) is 0.610.